The molecule has 0 saturated heterocycles. The topological polar surface area (TPSA) is 42.4 Å². The third-order valence-electron chi connectivity index (χ3n) is 3.24. The lowest BCUT2D eigenvalue weighted by Gasteiger charge is -2.32. The van der Waals surface area contributed by atoms with E-state index in [0.29, 0.717) is 0 Å². The fourth-order valence-electron chi connectivity index (χ4n) is 2.28. The Labute approximate surface area is 105 Å². The minimum absolute atomic E-state index is 0.132. The van der Waals surface area contributed by atoms with Crippen LogP contribution in [-0.2, 0) is 0 Å². The Morgan fingerprint density at radius 3 is 2.41 bits per heavy atom. The van der Waals surface area contributed by atoms with Crippen LogP contribution in [-0.4, -0.2) is 24.0 Å². The summed E-state index contributed by atoms with van der Waals surface area (Å²) >= 11 is 0. The van der Waals surface area contributed by atoms with Crippen molar-refractivity contribution < 1.29 is 4.42 Å². The van der Waals surface area contributed by atoms with Crippen molar-refractivity contribution in [1.29, 1.82) is 0 Å². The van der Waals surface area contributed by atoms with Gasteiger partial charge in [0.1, 0.15) is 11.5 Å². The van der Waals surface area contributed by atoms with Gasteiger partial charge in [0, 0.05) is 6.04 Å². The molecule has 3 nitrogen and oxygen atoms in total. The Balaban J connectivity index is 2.93. The molecule has 98 valence electrons. The molecule has 0 bridgehead atoms. The first kappa shape index (κ1) is 14.3. The average molecular weight is 238 g/mol. The molecule has 1 rings (SSSR count). The maximum Gasteiger partial charge on any atom is 0.122 e. The first-order valence-electron chi connectivity index (χ1n) is 6.69. The van der Waals surface area contributed by atoms with Crippen LogP contribution in [0.1, 0.15) is 51.2 Å². The predicted octanol–water partition coefficient (Wildman–Crippen LogP) is 3.10. The highest BCUT2D eigenvalue weighted by molar-refractivity contribution is 5.12. The van der Waals surface area contributed by atoms with E-state index in [1.54, 1.807) is 0 Å². The van der Waals surface area contributed by atoms with E-state index in [2.05, 4.69) is 31.7 Å². The average Bonchev–Trinajstić information content (AvgIpc) is 2.74. The number of nitrogens with zero attached hydrogens (tertiary/aromatic N) is 1. The van der Waals surface area contributed by atoms with Gasteiger partial charge in [-0.15, -0.1) is 0 Å². The van der Waals surface area contributed by atoms with Crippen LogP contribution in [0.5, 0.6) is 0 Å². The fourth-order valence-corrected chi connectivity index (χ4v) is 2.28. The molecule has 0 aromatic carbocycles. The van der Waals surface area contributed by atoms with Gasteiger partial charge in [-0.05, 0) is 45.0 Å². The molecule has 17 heavy (non-hydrogen) atoms. The minimum atomic E-state index is 0.132. The molecule has 2 unspecified atom stereocenters. The first-order valence-corrected chi connectivity index (χ1v) is 6.69. The van der Waals surface area contributed by atoms with Crippen molar-refractivity contribution in [3.05, 3.63) is 23.7 Å². The van der Waals surface area contributed by atoms with Gasteiger partial charge in [-0.25, -0.2) is 0 Å². The van der Waals surface area contributed by atoms with E-state index in [1.807, 2.05) is 13.0 Å². The lowest BCUT2D eigenvalue weighted by Crippen LogP contribution is -2.41. The summed E-state index contributed by atoms with van der Waals surface area (Å²) in [6, 6.07) is 4.42. The predicted molar refractivity (Wildman–Crippen MR) is 72.0 cm³/mol. The van der Waals surface area contributed by atoms with Crippen molar-refractivity contribution in [2.75, 3.05) is 13.1 Å². The Morgan fingerprint density at radius 2 is 2.00 bits per heavy atom. The SMILES string of the molecule is CCCN(CC)C(c1ccc(C)o1)C(N)CC. The van der Waals surface area contributed by atoms with Gasteiger partial charge >= 0.3 is 0 Å². The third-order valence-corrected chi connectivity index (χ3v) is 3.24. The molecule has 2 N–H and O–H groups in total. The number of hydrogen-bond donors (Lipinski definition) is 1. The van der Waals surface area contributed by atoms with Crippen molar-refractivity contribution in [2.24, 2.45) is 5.73 Å². The van der Waals surface area contributed by atoms with E-state index in [4.69, 9.17) is 10.2 Å². The molecule has 0 radical (unpaired) electrons. The van der Waals surface area contributed by atoms with E-state index >= 15 is 0 Å². The Hall–Kier alpha value is -0.800. The second-order valence-electron chi connectivity index (χ2n) is 4.59. The fraction of sp³-hybridized carbons (Fsp3) is 0.714. The zero-order valence-corrected chi connectivity index (χ0v) is 11.6. The second kappa shape index (κ2) is 6.82. The maximum absolute atomic E-state index is 6.26. The molecular weight excluding hydrogens is 212 g/mol. The van der Waals surface area contributed by atoms with Crippen LogP contribution in [0.15, 0.2) is 16.5 Å². The van der Waals surface area contributed by atoms with Crippen molar-refractivity contribution in [3.63, 3.8) is 0 Å². The van der Waals surface area contributed by atoms with E-state index in [9.17, 15) is 0 Å². The molecule has 0 aliphatic heterocycles. The minimum Gasteiger partial charge on any atom is -0.465 e. The first-order chi connectivity index (χ1) is 8.13. The summed E-state index contributed by atoms with van der Waals surface area (Å²) in [5.74, 6) is 1.97. The lowest BCUT2D eigenvalue weighted by atomic mass is 10.0. The van der Waals surface area contributed by atoms with Crippen LogP contribution >= 0.6 is 0 Å². The van der Waals surface area contributed by atoms with Crippen molar-refractivity contribution in [1.82, 2.24) is 4.90 Å². The number of rotatable bonds is 7. The molecule has 0 spiro atoms. The summed E-state index contributed by atoms with van der Waals surface area (Å²) in [5, 5.41) is 0. The summed E-state index contributed by atoms with van der Waals surface area (Å²) in [6.45, 7) is 10.6. The number of furan rings is 1. The van der Waals surface area contributed by atoms with Gasteiger partial charge in [-0.1, -0.05) is 20.8 Å². The molecule has 1 aromatic heterocycles. The smallest absolute Gasteiger partial charge is 0.122 e. The number of nitrogens with two attached hydrogens (primary N) is 1. The summed E-state index contributed by atoms with van der Waals surface area (Å²) in [4.78, 5) is 2.41. The standard InChI is InChI=1S/C14H26N2O/c1-5-10-16(7-3)14(12(15)6-2)13-9-8-11(4)17-13/h8-9,12,14H,5-7,10,15H2,1-4H3. The molecule has 1 heterocycles. The maximum atomic E-state index is 6.26. The zero-order chi connectivity index (χ0) is 12.8. The number of aryl methyl sites for hydroxylation is 1. The molecule has 2 atom stereocenters. The van der Waals surface area contributed by atoms with Crippen molar-refractivity contribution in [2.45, 2.75) is 52.6 Å². The van der Waals surface area contributed by atoms with Gasteiger partial charge in [0.25, 0.3) is 0 Å². The quantitative estimate of drug-likeness (QED) is 0.793. The number of likely N-dealkylation sites (N-methyl/N-ethyl adjacent to an activating group) is 1. The Morgan fingerprint density at radius 1 is 1.29 bits per heavy atom. The molecule has 0 amide bonds. The normalized spacial score (nSPS) is 15.2. The molecular formula is C14H26N2O. The van der Waals surface area contributed by atoms with Crippen molar-refractivity contribution in [3.8, 4) is 0 Å². The largest absolute Gasteiger partial charge is 0.465 e. The van der Waals surface area contributed by atoms with Gasteiger partial charge in [-0.2, -0.15) is 0 Å². The summed E-state index contributed by atoms with van der Waals surface area (Å²) in [5.41, 5.74) is 6.26. The summed E-state index contributed by atoms with van der Waals surface area (Å²) in [6.07, 6.45) is 2.10. The highest BCUT2D eigenvalue weighted by Crippen LogP contribution is 2.26. The van der Waals surface area contributed by atoms with Crippen molar-refractivity contribution >= 4 is 0 Å². The Bertz CT molecular complexity index is 322. The van der Waals surface area contributed by atoms with E-state index in [-0.39, 0.29) is 12.1 Å². The highest BCUT2D eigenvalue weighted by Gasteiger charge is 2.26. The van der Waals surface area contributed by atoms with Crippen LogP contribution in [0.3, 0.4) is 0 Å². The van der Waals surface area contributed by atoms with Crippen LogP contribution in [0.25, 0.3) is 0 Å². The van der Waals surface area contributed by atoms with Crippen LogP contribution in [0.2, 0.25) is 0 Å². The van der Waals surface area contributed by atoms with Gasteiger partial charge in [0.05, 0.1) is 6.04 Å². The number of hydrogen-bond acceptors (Lipinski definition) is 3. The third kappa shape index (κ3) is 3.58. The molecule has 3 heteroatoms. The van der Waals surface area contributed by atoms with E-state index in [1.165, 1.54) is 0 Å². The van der Waals surface area contributed by atoms with Crippen LogP contribution < -0.4 is 5.73 Å². The summed E-state index contributed by atoms with van der Waals surface area (Å²) in [7, 11) is 0. The summed E-state index contributed by atoms with van der Waals surface area (Å²) < 4.78 is 5.78. The lowest BCUT2D eigenvalue weighted by molar-refractivity contribution is 0.154. The Kier molecular flexibility index (Phi) is 5.72. The van der Waals surface area contributed by atoms with E-state index < -0.39 is 0 Å². The molecule has 0 aliphatic carbocycles. The van der Waals surface area contributed by atoms with Gasteiger partial charge in [-0.3, -0.25) is 4.90 Å². The van der Waals surface area contributed by atoms with Gasteiger partial charge < -0.3 is 10.2 Å². The van der Waals surface area contributed by atoms with E-state index in [0.717, 1.165) is 37.5 Å². The highest BCUT2D eigenvalue weighted by atomic mass is 16.3. The monoisotopic (exact) mass is 238 g/mol. The van der Waals surface area contributed by atoms with Crippen LogP contribution in [0.4, 0.5) is 0 Å². The van der Waals surface area contributed by atoms with Crippen LogP contribution in [0, 0.1) is 6.92 Å². The van der Waals surface area contributed by atoms with Gasteiger partial charge in [0.2, 0.25) is 0 Å². The molecule has 0 fully saturated rings. The molecule has 1 aromatic rings. The molecule has 0 aliphatic rings. The molecule has 0 saturated carbocycles. The second-order valence-corrected chi connectivity index (χ2v) is 4.59. The zero-order valence-electron chi connectivity index (χ0n) is 11.6. The van der Waals surface area contributed by atoms with Gasteiger partial charge in [0.15, 0.2) is 0 Å².